The summed E-state index contributed by atoms with van der Waals surface area (Å²) in [7, 11) is 0. The van der Waals surface area contributed by atoms with Gasteiger partial charge in [-0.1, -0.05) is 39.7 Å². The number of nitriles is 1. The number of hydrogen-bond donors (Lipinski definition) is 0. The second-order valence-electron chi connectivity index (χ2n) is 4.10. The van der Waals surface area contributed by atoms with E-state index in [0.717, 1.165) is 3.57 Å². The average molecular weight is 460 g/mol. The van der Waals surface area contributed by atoms with Crippen LogP contribution in [0.5, 0.6) is 0 Å². The standard InChI is InChI=1S/C15H8BrClINO/c16-14-6-5-11(18)7-12(14)15(20)13(8-19)9-1-3-10(17)4-2-9/h1-7,13H. The molecule has 0 bridgehead atoms. The monoisotopic (exact) mass is 459 g/mol. The van der Waals surface area contributed by atoms with Crippen molar-refractivity contribution in [1.82, 2.24) is 0 Å². The molecule has 20 heavy (non-hydrogen) atoms. The zero-order valence-electron chi connectivity index (χ0n) is 10.1. The molecule has 1 atom stereocenters. The summed E-state index contributed by atoms with van der Waals surface area (Å²) in [6.07, 6.45) is 0. The Bertz CT molecular complexity index is 694. The van der Waals surface area contributed by atoms with E-state index in [-0.39, 0.29) is 5.78 Å². The minimum atomic E-state index is -0.832. The Balaban J connectivity index is 2.42. The third-order valence-corrected chi connectivity index (χ3v) is 4.40. The third kappa shape index (κ3) is 3.40. The first-order valence-electron chi connectivity index (χ1n) is 5.67. The smallest absolute Gasteiger partial charge is 0.185 e. The zero-order valence-corrected chi connectivity index (χ0v) is 14.6. The number of carbonyl (C=O) groups is 1. The summed E-state index contributed by atoms with van der Waals surface area (Å²) in [5, 5.41) is 9.90. The van der Waals surface area contributed by atoms with E-state index in [1.165, 1.54) is 0 Å². The maximum Gasteiger partial charge on any atom is 0.185 e. The molecule has 0 aromatic heterocycles. The summed E-state index contributed by atoms with van der Waals surface area (Å²) < 4.78 is 1.64. The Morgan fingerprint density at radius 2 is 1.90 bits per heavy atom. The molecule has 2 aromatic rings. The van der Waals surface area contributed by atoms with Crippen LogP contribution < -0.4 is 0 Å². The minimum Gasteiger partial charge on any atom is -0.292 e. The van der Waals surface area contributed by atoms with Crippen LogP contribution in [-0.2, 0) is 0 Å². The van der Waals surface area contributed by atoms with Crippen LogP contribution in [0, 0.1) is 14.9 Å². The van der Waals surface area contributed by atoms with E-state index in [1.807, 2.05) is 12.1 Å². The first-order chi connectivity index (χ1) is 9.52. The first-order valence-corrected chi connectivity index (χ1v) is 7.92. The van der Waals surface area contributed by atoms with Gasteiger partial charge in [-0.15, -0.1) is 0 Å². The topological polar surface area (TPSA) is 40.9 Å². The molecule has 2 aromatic carbocycles. The van der Waals surface area contributed by atoms with Crippen LogP contribution in [0.4, 0.5) is 0 Å². The molecule has 0 radical (unpaired) electrons. The zero-order chi connectivity index (χ0) is 14.7. The van der Waals surface area contributed by atoms with Crippen LogP contribution in [-0.4, -0.2) is 5.78 Å². The van der Waals surface area contributed by atoms with Gasteiger partial charge in [-0.2, -0.15) is 5.26 Å². The highest BCUT2D eigenvalue weighted by atomic mass is 127. The molecule has 0 saturated carbocycles. The lowest BCUT2D eigenvalue weighted by Crippen LogP contribution is -2.12. The molecule has 2 rings (SSSR count). The van der Waals surface area contributed by atoms with Crippen molar-refractivity contribution in [3.05, 3.63) is 66.7 Å². The van der Waals surface area contributed by atoms with Crippen LogP contribution in [0.25, 0.3) is 0 Å². The van der Waals surface area contributed by atoms with Gasteiger partial charge in [0.1, 0.15) is 5.92 Å². The summed E-state index contributed by atoms with van der Waals surface area (Å²) in [5.41, 5.74) is 1.16. The van der Waals surface area contributed by atoms with Crippen molar-refractivity contribution in [2.24, 2.45) is 0 Å². The molecule has 0 heterocycles. The maximum absolute atomic E-state index is 12.5. The highest BCUT2D eigenvalue weighted by Gasteiger charge is 2.23. The number of rotatable bonds is 3. The van der Waals surface area contributed by atoms with Gasteiger partial charge in [-0.05, 0) is 58.5 Å². The lowest BCUT2D eigenvalue weighted by molar-refractivity contribution is 0.0978. The molecule has 0 aliphatic rings. The van der Waals surface area contributed by atoms with Gasteiger partial charge in [-0.25, -0.2) is 0 Å². The SMILES string of the molecule is N#CC(C(=O)c1cc(I)ccc1Br)c1ccc(Cl)cc1. The van der Waals surface area contributed by atoms with Gasteiger partial charge in [0.05, 0.1) is 6.07 Å². The van der Waals surface area contributed by atoms with Gasteiger partial charge in [0.15, 0.2) is 5.78 Å². The lowest BCUT2D eigenvalue weighted by Gasteiger charge is -2.10. The van der Waals surface area contributed by atoms with Gasteiger partial charge in [-0.3, -0.25) is 4.79 Å². The van der Waals surface area contributed by atoms with Gasteiger partial charge >= 0.3 is 0 Å². The average Bonchev–Trinajstić information content (AvgIpc) is 2.44. The molecule has 0 fully saturated rings. The van der Waals surface area contributed by atoms with E-state index in [0.29, 0.717) is 20.6 Å². The lowest BCUT2D eigenvalue weighted by atomic mass is 9.92. The van der Waals surface area contributed by atoms with E-state index in [4.69, 9.17) is 11.6 Å². The van der Waals surface area contributed by atoms with Gasteiger partial charge in [0.25, 0.3) is 0 Å². The van der Waals surface area contributed by atoms with Crippen molar-refractivity contribution in [3.63, 3.8) is 0 Å². The van der Waals surface area contributed by atoms with E-state index in [1.54, 1.807) is 30.3 Å². The molecular formula is C15H8BrClINO. The van der Waals surface area contributed by atoms with Crippen molar-refractivity contribution in [3.8, 4) is 6.07 Å². The number of hydrogen-bond acceptors (Lipinski definition) is 2. The van der Waals surface area contributed by atoms with Crippen molar-refractivity contribution in [1.29, 1.82) is 5.26 Å². The fourth-order valence-electron chi connectivity index (χ4n) is 1.78. The number of carbonyl (C=O) groups excluding carboxylic acids is 1. The maximum atomic E-state index is 12.5. The van der Waals surface area contributed by atoms with Gasteiger partial charge in [0, 0.05) is 18.6 Å². The molecule has 2 nitrogen and oxygen atoms in total. The number of Topliss-reactive ketones (excluding diaryl/α,β-unsaturated/α-hetero) is 1. The Morgan fingerprint density at radius 3 is 2.50 bits per heavy atom. The van der Waals surface area contributed by atoms with Crippen LogP contribution in [0.15, 0.2) is 46.9 Å². The largest absolute Gasteiger partial charge is 0.292 e. The second-order valence-corrected chi connectivity index (χ2v) is 6.64. The van der Waals surface area contributed by atoms with E-state index in [9.17, 15) is 10.1 Å². The molecular weight excluding hydrogens is 452 g/mol. The Kier molecular flexibility index (Phi) is 5.19. The second kappa shape index (κ2) is 6.70. The van der Waals surface area contributed by atoms with E-state index < -0.39 is 5.92 Å². The van der Waals surface area contributed by atoms with E-state index in [2.05, 4.69) is 44.6 Å². The summed E-state index contributed by atoms with van der Waals surface area (Å²) >= 11 is 11.3. The van der Waals surface area contributed by atoms with Crippen LogP contribution in [0.3, 0.4) is 0 Å². The predicted octanol–water partition coefficient (Wildman–Crippen LogP) is 5.20. The third-order valence-electron chi connectivity index (χ3n) is 2.79. The number of nitrogens with zero attached hydrogens (tertiary/aromatic N) is 1. The fourth-order valence-corrected chi connectivity index (χ4v) is 2.84. The van der Waals surface area contributed by atoms with Crippen molar-refractivity contribution >= 4 is 55.9 Å². The molecule has 0 amide bonds. The molecule has 0 aliphatic heterocycles. The summed E-state index contributed by atoms with van der Waals surface area (Å²) in [5.74, 6) is -1.05. The van der Waals surface area contributed by atoms with Crippen LogP contribution >= 0.6 is 50.1 Å². The molecule has 1 unspecified atom stereocenters. The fraction of sp³-hybridized carbons (Fsp3) is 0.0667. The highest BCUT2D eigenvalue weighted by molar-refractivity contribution is 14.1. The summed E-state index contributed by atoms with van der Waals surface area (Å²) in [4.78, 5) is 12.5. The molecule has 5 heteroatoms. The Labute approximate surface area is 144 Å². The first kappa shape index (κ1) is 15.5. The highest BCUT2D eigenvalue weighted by Crippen LogP contribution is 2.27. The summed E-state index contributed by atoms with van der Waals surface area (Å²) in [6, 6.07) is 14.3. The number of benzene rings is 2. The molecule has 100 valence electrons. The molecule has 0 aliphatic carbocycles. The Morgan fingerprint density at radius 1 is 1.25 bits per heavy atom. The molecule has 0 saturated heterocycles. The van der Waals surface area contributed by atoms with Gasteiger partial charge in [0.2, 0.25) is 0 Å². The molecule has 0 spiro atoms. The number of ketones is 1. The van der Waals surface area contributed by atoms with Crippen molar-refractivity contribution < 1.29 is 4.79 Å². The van der Waals surface area contributed by atoms with Gasteiger partial charge < -0.3 is 0 Å². The Hall–Kier alpha value is -0.900. The van der Waals surface area contributed by atoms with Crippen LogP contribution in [0.2, 0.25) is 5.02 Å². The predicted molar refractivity (Wildman–Crippen MR) is 91.0 cm³/mol. The van der Waals surface area contributed by atoms with E-state index >= 15 is 0 Å². The molecule has 0 N–H and O–H groups in total. The normalized spacial score (nSPS) is 11.7. The van der Waals surface area contributed by atoms with Crippen molar-refractivity contribution in [2.75, 3.05) is 0 Å². The quantitative estimate of drug-likeness (QED) is 0.467. The van der Waals surface area contributed by atoms with Crippen molar-refractivity contribution in [2.45, 2.75) is 5.92 Å². The minimum absolute atomic E-state index is 0.222. The number of halogens is 3. The summed E-state index contributed by atoms with van der Waals surface area (Å²) in [6.45, 7) is 0. The van der Waals surface area contributed by atoms with Crippen LogP contribution in [0.1, 0.15) is 21.8 Å².